The zero-order valence-corrected chi connectivity index (χ0v) is 18.3. The van der Waals surface area contributed by atoms with Gasteiger partial charge in [-0.05, 0) is 54.7 Å². The number of nitrogens with one attached hydrogen (secondary N) is 1. The Morgan fingerprint density at radius 2 is 1.74 bits per heavy atom. The summed E-state index contributed by atoms with van der Waals surface area (Å²) in [5.74, 6) is 0.324. The van der Waals surface area contributed by atoms with E-state index in [1.165, 1.54) is 19.1 Å². The van der Waals surface area contributed by atoms with Crippen LogP contribution in [-0.2, 0) is 16.0 Å². The van der Waals surface area contributed by atoms with Crippen molar-refractivity contribution in [3.05, 3.63) is 65.5 Å². The molecule has 2 aromatic carbocycles. The van der Waals surface area contributed by atoms with Crippen LogP contribution >= 0.6 is 0 Å². The molecular formula is C25H31FN2O3. The van der Waals surface area contributed by atoms with Gasteiger partial charge in [-0.25, -0.2) is 4.39 Å². The molecule has 0 heterocycles. The quantitative estimate of drug-likeness (QED) is 0.646. The molecule has 1 aliphatic rings. The van der Waals surface area contributed by atoms with Gasteiger partial charge >= 0.3 is 0 Å². The van der Waals surface area contributed by atoms with Gasteiger partial charge in [0.15, 0.2) is 0 Å². The Hall–Kier alpha value is -2.89. The van der Waals surface area contributed by atoms with E-state index in [-0.39, 0.29) is 30.1 Å². The van der Waals surface area contributed by atoms with Crippen LogP contribution in [0.1, 0.15) is 56.2 Å². The number of benzene rings is 2. The molecule has 0 radical (unpaired) electrons. The molecule has 2 aromatic rings. The molecule has 1 unspecified atom stereocenters. The van der Waals surface area contributed by atoms with E-state index in [4.69, 9.17) is 4.74 Å². The van der Waals surface area contributed by atoms with Crippen LogP contribution in [0.3, 0.4) is 0 Å². The Bertz CT molecular complexity index is 861. The maximum Gasteiger partial charge on any atom is 0.225 e. The molecule has 0 aromatic heterocycles. The minimum atomic E-state index is -0.398. The lowest BCUT2D eigenvalue weighted by molar-refractivity contribution is -0.134. The Morgan fingerprint density at radius 3 is 2.32 bits per heavy atom. The molecule has 1 saturated carbocycles. The lowest BCUT2D eigenvalue weighted by Crippen LogP contribution is -2.42. The van der Waals surface area contributed by atoms with Crippen LogP contribution in [0.2, 0.25) is 0 Å². The Morgan fingerprint density at radius 1 is 1.10 bits per heavy atom. The van der Waals surface area contributed by atoms with Crippen molar-refractivity contribution in [2.75, 3.05) is 13.7 Å². The topological polar surface area (TPSA) is 58.6 Å². The van der Waals surface area contributed by atoms with Gasteiger partial charge < -0.3 is 15.0 Å². The van der Waals surface area contributed by atoms with E-state index < -0.39 is 6.04 Å². The van der Waals surface area contributed by atoms with Crippen LogP contribution in [0.25, 0.3) is 0 Å². The summed E-state index contributed by atoms with van der Waals surface area (Å²) < 4.78 is 18.4. The third-order valence-corrected chi connectivity index (χ3v) is 5.91. The molecule has 6 heteroatoms. The summed E-state index contributed by atoms with van der Waals surface area (Å²) in [6.45, 7) is 2.05. The smallest absolute Gasteiger partial charge is 0.225 e. The molecule has 166 valence electrons. The number of amides is 2. The number of carbonyl (C=O) groups excluding carboxylic acids is 2. The van der Waals surface area contributed by atoms with E-state index in [1.54, 1.807) is 19.2 Å². The highest BCUT2D eigenvalue weighted by atomic mass is 19.1. The molecule has 0 aliphatic heterocycles. The van der Waals surface area contributed by atoms with Crippen molar-refractivity contribution >= 4 is 11.8 Å². The zero-order valence-electron chi connectivity index (χ0n) is 18.3. The lowest BCUT2D eigenvalue weighted by Gasteiger charge is -2.31. The van der Waals surface area contributed by atoms with Gasteiger partial charge in [-0.1, -0.05) is 37.1 Å². The first-order chi connectivity index (χ1) is 15.0. The maximum atomic E-state index is 13.4. The molecule has 0 saturated heterocycles. The van der Waals surface area contributed by atoms with Gasteiger partial charge in [0, 0.05) is 19.5 Å². The first-order valence-electron chi connectivity index (χ1n) is 10.9. The highest BCUT2D eigenvalue weighted by Gasteiger charge is 2.28. The fourth-order valence-electron chi connectivity index (χ4n) is 4.25. The van der Waals surface area contributed by atoms with Crippen LogP contribution in [-0.4, -0.2) is 36.4 Å². The Kier molecular flexibility index (Phi) is 8.04. The molecule has 0 spiro atoms. The third kappa shape index (κ3) is 6.54. The Balaban J connectivity index is 1.73. The number of rotatable bonds is 9. The summed E-state index contributed by atoms with van der Waals surface area (Å²) in [4.78, 5) is 27.2. The molecule has 1 aliphatic carbocycles. The first kappa shape index (κ1) is 22.8. The first-order valence-corrected chi connectivity index (χ1v) is 10.9. The molecule has 5 nitrogen and oxygen atoms in total. The minimum Gasteiger partial charge on any atom is -0.497 e. The van der Waals surface area contributed by atoms with Gasteiger partial charge in [-0.3, -0.25) is 9.59 Å². The largest absolute Gasteiger partial charge is 0.497 e. The van der Waals surface area contributed by atoms with Crippen molar-refractivity contribution in [1.82, 2.24) is 10.2 Å². The fourth-order valence-corrected chi connectivity index (χ4v) is 4.25. The second-order valence-electron chi connectivity index (χ2n) is 8.13. The standard InChI is InChI=1S/C25H31FN2O3/c1-18(29)27-24(20-9-13-23(31-2)14-10-20)17-25(30)28(22-5-3-4-6-22)16-15-19-7-11-21(26)12-8-19/h7-14,22,24H,3-6,15-17H2,1-2H3,(H,27,29). The van der Waals surface area contributed by atoms with Gasteiger partial charge in [0.2, 0.25) is 11.8 Å². The molecular weight excluding hydrogens is 395 g/mol. The summed E-state index contributed by atoms with van der Waals surface area (Å²) >= 11 is 0. The number of methoxy groups -OCH3 is 1. The van der Waals surface area contributed by atoms with Crippen LogP contribution in [0.15, 0.2) is 48.5 Å². The molecule has 2 amide bonds. The normalized spacial score (nSPS) is 14.8. The molecule has 0 bridgehead atoms. The number of hydrogen-bond acceptors (Lipinski definition) is 3. The van der Waals surface area contributed by atoms with Gasteiger partial charge in [0.05, 0.1) is 19.6 Å². The van der Waals surface area contributed by atoms with Crippen molar-refractivity contribution in [1.29, 1.82) is 0 Å². The highest BCUT2D eigenvalue weighted by molar-refractivity contribution is 5.79. The van der Waals surface area contributed by atoms with Crippen LogP contribution in [0.4, 0.5) is 4.39 Å². The third-order valence-electron chi connectivity index (χ3n) is 5.91. The molecule has 1 atom stereocenters. The van der Waals surface area contributed by atoms with E-state index in [0.29, 0.717) is 13.0 Å². The molecule has 1 N–H and O–H groups in total. The van der Waals surface area contributed by atoms with Crippen molar-refractivity contribution in [3.8, 4) is 5.75 Å². The van der Waals surface area contributed by atoms with Crippen molar-refractivity contribution < 1.29 is 18.7 Å². The fraction of sp³-hybridized carbons (Fsp3) is 0.440. The summed E-state index contributed by atoms with van der Waals surface area (Å²) in [5.41, 5.74) is 1.88. The van der Waals surface area contributed by atoms with Gasteiger partial charge in [0.25, 0.3) is 0 Å². The molecule has 1 fully saturated rings. The zero-order chi connectivity index (χ0) is 22.2. The highest BCUT2D eigenvalue weighted by Crippen LogP contribution is 2.27. The monoisotopic (exact) mass is 426 g/mol. The lowest BCUT2D eigenvalue weighted by atomic mass is 10.0. The summed E-state index contributed by atoms with van der Waals surface area (Å²) in [6, 6.07) is 13.7. The van der Waals surface area contributed by atoms with E-state index in [2.05, 4.69) is 5.32 Å². The number of carbonyl (C=O) groups is 2. The van der Waals surface area contributed by atoms with Crippen molar-refractivity contribution in [3.63, 3.8) is 0 Å². The Labute approximate surface area is 183 Å². The number of ether oxygens (including phenoxy) is 1. The number of halogens is 1. The van der Waals surface area contributed by atoms with E-state index in [0.717, 1.165) is 42.6 Å². The average Bonchev–Trinajstić information content (AvgIpc) is 3.29. The summed E-state index contributed by atoms with van der Waals surface area (Å²) in [5, 5.41) is 2.92. The van der Waals surface area contributed by atoms with Gasteiger partial charge in [-0.2, -0.15) is 0 Å². The predicted molar refractivity (Wildman–Crippen MR) is 118 cm³/mol. The van der Waals surface area contributed by atoms with Crippen LogP contribution < -0.4 is 10.1 Å². The van der Waals surface area contributed by atoms with Crippen molar-refractivity contribution in [2.24, 2.45) is 0 Å². The average molecular weight is 427 g/mol. The SMILES string of the molecule is COc1ccc(C(CC(=O)N(CCc2ccc(F)cc2)C2CCCC2)NC(C)=O)cc1. The predicted octanol–water partition coefficient (Wildman–Crippen LogP) is 4.42. The van der Waals surface area contributed by atoms with Gasteiger partial charge in [0.1, 0.15) is 11.6 Å². The van der Waals surface area contributed by atoms with E-state index in [1.807, 2.05) is 29.2 Å². The van der Waals surface area contributed by atoms with Gasteiger partial charge in [-0.15, -0.1) is 0 Å². The van der Waals surface area contributed by atoms with Crippen molar-refractivity contribution in [2.45, 2.75) is 57.5 Å². The van der Waals surface area contributed by atoms with Crippen LogP contribution in [0.5, 0.6) is 5.75 Å². The second-order valence-corrected chi connectivity index (χ2v) is 8.13. The maximum absolute atomic E-state index is 13.4. The molecule has 31 heavy (non-hydrogen) atoms. The molecule has 3 rings (SSSR count). The second kappa shape index (κ2) is 10.9. The minimum absolute atomic E-state index is 0.0311. The summed E-state index contributed by atoms with van der Waals surface area (Å²) in [7, 11) is 1.60. The van der Waals surface area contributed by atoms with E-state index in [9.17, 15) is 14.0 Å². The van der Waals surface area contributed by atoms with E-state index >= 15 is 0 Å². The number of hydrogen-bond donors (Lipinski definition) is 1. The summed E-state index contributed by atoms with van der Waals surface area (Å²) in [6.07, 6.45) is 5.13. The number of nitrogens with zero attached hydrogens (tertiary/aromatic N) is 1. The van der Waals surface area contributed by atoms with Crippen LogP contribution in [0, 0.1) is 5.82 Å².